The molecule has 0 bridgehead atoms. The lowest BCUT2D eigenvalue weighted by atomic mass is 10.1. The van der Waals surface area contributed by atoms with Crippen LogP contribution in [0.4, 0.5) is 0 Å². The fourth-order valence-corrected chi connectivity index (χ4v) is 3.48. The minimum absolute atomic E-state index is 0.390. The monoisotopic (exact) mass is 354 g/mol. The van der Waals surface area contributed by atoms with Crippen LogP contribution in [0.5, 0.6) is 0 Å². The van der Waals surface area contributed by atoms with Crippen LogP contribution >= 0.6 is 0 Å². The molecule has 6 heteroatoms. The van der Waals surface area contributed by atoms with Gasteiger partial charge in [-0.15, -0.1) is 0 Å². The zero-order chi connectivity index (χ0) is 18.0. The Morgan fingerprint density at radius 2 is 1.96 bits per heavy atom. The minimum atomic E-state index is 0.390. The molecule has 1 aliphatic heterocycles. The summed E-state index contributed by atoms with van der Waals surface area (Å²) in [5, 5.41) is 11.1. The van der Waals surface area contributed by atoms with Gasteiger partial charge in [-0.3, -0.25) is 14.6 Å². The molecule has 140 valence electrons. The highest BCUT2D eigenvalue weighted by Gasteiger charge is 2.23. The van der Waals surface area contributed by atoms with Crippen LogP contribution in [-0.4, -0.2) is 53.9 Å². The standard InChI is InChI=1S/C20H30N6/c1-21-20(22-11-7-15-26-16-8-12-24-26)23-17-19(25-13-5-6-14-25)18-9-3-2-4-10-18/h2-4,8-10,12,16,19H,5-7,11,13-15,17H2,1H3,(H2,21,22,23). The number of nitrogens with one attached hydrogen (secondary N) is 2. The predicted octanol–water partition coefficient (Wildman–Crippen LogP) is 2.28. The van der Waals surface area contributed by atoms with Gasteiger partial charge >= 0.3 is 0 Å². The number of aryl methyl sites for hydroxylation is 1. The number of benzene rings is 1. The third kappa shape index (κ3) is 5.33. The second-order valence-corrected chi connectivity index (χ2v) is 6.67. The van der Waals surface area contributed by atoms with E-state index in [1.807, 2.05) is 30.2 Å². The van der Waals surface area contributed by atoms with E-state index in [1.54, 1.807) is 0 Å². The number of hydrogen-bond acceptors (Lipinski definition) is 3. The normalized spacial score (nSPS) is 16.6. The van der Waals surface area contributed by atoms with Gasteiger partial charge in [0.15, 0.2) is 5.96 Å². The van der Waals surface area contributed by atoms with Gasteiger partial charge < -0.3 is 10.6 Å². The van der Waals surface area contributed by atoms with Crippen LogP contribution in [0.25, 0.3) is 0 Å². The number of likely N-dealkylation sites (tertiary alicyclic amines) is 1. The summed E-state index contributed by atoms with van der Waals surface area (Å²) < 4.78 is 1.96. The second kappa shape index (κ2) is 9.97. The van der Waals surface area contributed by atoms with Crippen molar-refractivity contribution in [3.05, 3.63) is 54.4 Å². The average molecular weight is 355 g/mol. The quantitative estimate of drug-likeness (QED) is 0.434. The fourth-order valence-electron chi connectivity index (χ4n) is 3.48. The molecule has 0 aliphatic carbocycles. The van der Waals surface area contributed by atoms with Gasteiger partial charge in [-0.1, -0.05) is 30.3 Å². The van der Waals surface area contributed by atoms with Gasteiger partial charge in [0, 0.05) is 39.1 Å². The van der Waals surface area contributed by atoms with E-state index in [9.17, 15) is 0 Å². The Balaban J connectivity index is 1.48. The highest BCUT2D eigenvalue weighted by molar-refractivity contribution is 5.79. The van der Waals surface area contributed by atoms with Gasteiger partial charge in [-0.25, -0.2) is 0 Å². The first kappa shape index (κ1) is 18.5. The zero-order valence-corrected chi connectivity index (χ0v) is 15.6. The van der Waals surface area contributed by atoms with E-state index < -0.39 is 0 Å². The largest absolute Gasteiger partial charge is 0.356 e. The van der Waals surface area contributed by atoms with Crippen molar-refractivity contribution < 1.29 is 0 Å². The molecule has 1 atom stereocenters. The van der Waals surface area contributed by atoms with Crippen molar-refractivity contribution in [3.63, 3.8) is 0 Å². The SMILES string of the molecule is CN=C(NCCCn1cccn1)NCC(c1ccccc1)N1CCCC1. The first-order valence-corrected chi connectivity index (χ1v) is 9.58. The topological polar surface area (TPSA) is 57.5 Å². The maximum Gasteiger partial charge on any atom is 0.191 e. The molecule has 1 fully saturated rings. The molecule has 0 amide bonds. The van der Waals surface area contributed by atoms with Gasteiger partial charge in [0.05, 0.1) is 6.04 Å². The Labute approximate surface area is 156 Å². The Kier molecular flexibility index (Phi) is 7.07. The van der Waals surface area contributed by atoms with Crippen LogP contribution in [0.1, 0.15) is 30.9 Å². The lowest BCUT2D eigenvalue weighted by Crippen LogP contribution is -2.43. The Bertz CT molecular complexity index is 646. The van der Waals surface area contributed by atoms with Crippen LogP contribution in [-0.2, 0) is 6.54 Å². The van der Waals surface area contributed by atoms with Crippen molar-refractivity contribution in [2.45, 2.75) is 31.8 Å². The highest BCUT2D eigenvalue weighted by atomic mass is 15.3. The van der Waals surface area contributed by atoms with Crippen molar-refractivity contribution >= 4 is 5.96 Å². The molecule has 1 saturated heterocycles. The van der Waals surface area contributed by atoms with Crippen LogP contribution < -0.4 is 10.6 Å². The lowest BCUT2D eigenvalue weighted by Gasteiger charge is -2.29. The summed E-state index contributed by atoms with van der Waals surface area (Å²) in [4.78, 5) is 6.95. The molecule has 26 heavy (non-hydrogen) atoms. The van der Waals surface area contributed by atoms with Gasteiger partial charge in [-0.2, -0.15) is 5.10 Å². The molecule has 1 aliphatic rings. The lowest BCUT2D eigenvalue weighted by molar-refractivity contribution is 0.245. The minimum Gasteiger partial charge on any atom is -0.356 e. The number of hydrogen-bond donors (Lipinski definition) is 2. The summed E-state index contributed by atoms with van der Waals surface area (Å²) in [6, 6.07) is 13.1. The molecule has 1 aromatic carbocycles. The summed E-state index contributed by atoms with van der Waals surface area (Å²) in [6.07, 6.45) is 7.41. The molecule has 6 nitrogen and oxygen atoms in total. The molecule has 2 N–H and O–H groups in total. The molecule has 0 radical (unpaired) electrons. The van der Waals surface area contributed by atoms with E-state index in [1.165, 1.54) is 31.5 Å². The molecule has 0 spiro atoms. The number of nitrogens with zero attached hydrogens (tertiary/aromatic N) is 4. The maximum atomic E-state index is 4.37. The van der Waals surface area contributed by atoms with Crippen molar-refractivity contribution in [2.24, 2.45) is 4.99 Å². The Morgan fingerprint density at radius 1 is 1.15 bits per heavy atom. The van der Waals surface area contributed by atoms with Crippen molar-refractivity contribution in [1.82, 2.24) is 25.3 Å². The first-order valence-electron chi connectivity index (χ1n) is 9.58. The van der Waals surface area contributed by atoms with Crippen LogP contribution in [0, 0.1) is 0 Å². The summed E-state index contributed by atoms with van der Waals surface area (Å²) in [6.45, 7) is 5.01. The Hall–Kier alpha value is -2.34. The van der Waals surface area contributed by atoms with Gasteiger partial charge in [0.25, 0.3) is 0 Å². The van der Waals surface area contributed by atoms with E-state index in [4.69, 9.17) is 0 Å². The van der Waals surface area contributed by atoms with Crippen LogP contribution in [0.15, 0.2) is 53.8 Å². The molecule has 0 saturated carbocycles. The van der Waals surface area contributed by atoms with E-state index in [-0.39, 0.29) is 0 Å². The van der Waals surface area contributed by atoms with Crippen molar-refractivity contribution in [1.29, 1.82) is 0 Å². The van der Waals surface area contributed by atoms with E-state index in [0.717, 1.165) is 32.0 Å². The number of guanidine groups is 1. The van der Waals surface area contributed by atoms with E-state index >= 15 is 0 Å². The highest BCUT2D eigenvalue weighted by Crippen LogP contribution is 2.24. The maximum absolute atomic E-state index is 4.37. The van der Waals surface area contributed by atoms with E-state index in [0.29, 0.717) is 6.04 Å². The molecule has 1 unspecified atom stereocenters. The smallest absolute Gasteiger partial charge is 0.191 e. The number of rotatable bonds is 8. The second-order valence-electron chi connectivity index (χ2n) is 6.67. The summed E-state index contributed by atoms with van der Waals surface area (Å²) in [5.74, 6) is 0.866. The summed E-state index contributed by atoms with van der Waals surface area (Å²) in [7, 11) is 1.83. The van der Waals surface area contributed by atoms with Gasteiger partial charge in [-0.05, 0) is 44.0 Å². The van der Waals surface area contributed by atoms with Crippen molar-refractivity contribution in [2.75, 3.05) is 33.2 Å². The van der Waals surface area contributed by atoms with Crippen LogP contribution in [0.3, 0.4) is 0 Å². The number of aliphatic imine (C=N–C) groups is 1. The molecular weight excluding hydrogens is 324 g/mol. The molecule has 3 rings (SSSR count). The molecular formula is C20H30N6. The third-order valence-corrected chi connectivity index (χ3v) is 4.87. The van der Waals surface area contributed by atoms with Gasteiger partial charge in [0.2, 0.25) is 0 Å². The first-order chi connectivity index (χ1) is 12.9. The average Bonchev–Trinajstić information content (AvgIpc) is 3.38. The summed E-state index contributed by atoms with van der Waals surface area (Å²) in [5.41, 5.74) is 1.37. The van der Waals surface area contributed by atoms with Crippen molar-refractivity contribution in [3.8, 4) is 0 Å². The molecule has 2 aromatic rings. The van der Waals surface area contributed by atoms with E-state index in [2.05, 4.69) is 56.0 Å². The molecule has 1 aromatic heterocycles. The zero-order valence-electron chi connectivity index (χ0n) is 15.6. The predicted molar refractivity (Wildman–Crippen MR) is 106 cm³/mol. The van der Waals surface area contributed by atoms with Gasteiger partial charge in [0.1, 0.15) is 0 Å². The number of aromatic nitrogens is 2. The third-order valence-electron chi connectivity index (χ3n) is 4.87. The van der Waals surface area contributed by atoms with Crippen LogP contribution in [0.2, 0.25) is 0 Å². The molecule has 2 heterocycles. The Morgan fingerprint density at radius 3 is 2.65 bits per heavy atom. The summed E-state index contributed by atoms with van der Waals surface area (Å²) >= 11 is 0. The fraction of sp³-hybridized carbons (Fsp3) is 0.500.